The molecule has 2 heteroatoms. The highest BCUT2D eigenvalue weighted by Gasteiger charge is 2.13. The molecule has 2 aromatic carbocycles. The van der Waals surface area contributed by atoms with Gasteiger partial charge in [-0.1, -0.05) is 55.5 Å². The minimum Gasteiger partial charge on any atom is -0.492 e. The van der Waals surface area contributed by atoms with Crippen LogP contribution in [0.4, 0.5) is 0 Å². The second-order valence-corrected chi connectivity index (χ2v) is 4.88. The fraction of sp³-hybridized carbons (Fsp3) is 0.333. The zero-order valence-electron chi connectivity index (χ0n) is 12.3. The van der Waals surface area contributed by atoms with E-state index >= 15 is 0 Å². The standard InChI is InChI=1S/C18H23NO/c1-3-19(16(2)17-10-6-4-7-11-17)14-15-20-18-12-8-5-9-13-18/h4-13,16H,3,14-15H2,1-2H3. The monoisotopic (exact) mass is 269 g/mol. The molecule has 1 atom stereocenters. The molecule has 0 spiro atoms. The Morgan fingerprint density at radius 3 is 2.15 bits per heavy atom. The normalized spacial score (nSPS) is 12.3. The van der Waals surface area contributed by atoms with Gasteiger partial charge in [-0.25, -0.2) is 0 Å². The van der Waals surface area contributed by atoms with Crippen LogP contribution in [0, 0.1) is 0 Å². The lowest BCUT2D eigenvalue weighted by Gasteiger charge is -2.28. The van der Waals surface area contributed by atoms with Crippen molar-refractivity contribution in [2.75, 3.05) is 19.7 Å². The maximum Gasteiger partial charge on any atom is 0.119 e. The second-order valence-electron chi connectivity index (χ2n) is 4.88. The number of ether oxygens (including phenoxy) is 1. The van der Waals surface area contributed by atoms with Gasteiger partial charge in [0.2, 0.25) is 0 Å². The molecule has 0 heterocycles. The van der Waals surface area contributed by atoms with Crippen molar-refractivity contribution < 1.29 is 4.74 Å². The van der Waals surface area contributed by atoms with Crippen LogP contribution in [-0.2, 0) is 0 Å². The molecular weight excluding hydrogens is 246 g/mol. The highest BCUT2D eigenvalue weighted by molar-refractivity contribution is 5.21. The average molecular weight is 269 g/mol. The number of nitrogens with zero attached hydrogens (tertiary/aromatic N) is 1. The number of benzene rings is 2. The Morgan fingerprint density at radius 2 is 1.55 bits per heavy atom. The number of rotatable bonds is 7. The minimum atomic E-state index is 0.417. The lowest BCUT2D eigenvalue weighted by molar-refractivity contribution is 0.175. The van der Waals surface area contributed by atoms with Gasteiger partial charge in [-0.3, -0.25) is 4.90 Å². The predicted octanol–water partition coefficient (Wildman–Crippen LogP) is 4.15. The van der Waals surface area contributed by atoms with E-state index < -0.39 is 0 Å². The van der Waals surface area contributed by atoms with Crippen LogP contribution in [0.15, 0.2) is 60.7 Å². The zero-order valence-corrected chi connectivity index (χ0v) is 12.3. The lowest BCUT2D eigenvalue weighted by Crippen LogP contribution is -2.31. The van der Waals surface area contributed by atoms with Gasteiger partial charge in [0, 0.05) is 12.6 Å². The Morgan fingerprint density at radius 1 is 0.950 bits per heavy atom. The SMILES string of the molecule is CCN(CCOc1ccccc1)C(C)c1ccccc1. The molecule has 0 aliphatic heterocycles. The summed E-state index contributed by atoms with van der Waals surface area (Å²) >= 11 is 0. The van der Waals surface area contributed by atoms with E-state index in [1.807, 2.05) is 30.3 Å². The van der Waals surface area contributed by atoms with Gasteiger partial charge in [0.1, 0.15) is 12.4 Å². The first-order valence-electron chi connectivity index (χ1n) is 7.28. The van der Waals surface area contributed by atoms with E-state index in [4.69, 9.17) is 4.74 Å². The zero-order chi connectivity index (χ0) is 14.2. The molecule has 106 valence electrons. The minimum absolute atomic E-state index is 0.417. The Labute approximate surface area is 122 Å². The maximum atomic E-state index is 5.78. The van der Waals surface area contributed by atoms with Crippen LogP contribution in [0.5, 0.6) is 5.75 Å². The summed E-state index contributed by atoms with van der Waals surface area (Å²) in [5.74, 6) is 0.941. The molecule has 0 radical (unpaired) electrons. The first-order chi connectivity index (χ1) is 9.81. The van der Waals surface area contributed by atoms with Crippen LogP contribution in [0.3, 0.4) is 0 Å². The molecule has 2 rings (SSSR count). The third kappa shape index (κ3) is 4.10. The van der Waals surface area contributed by atoms with E-state index in [-0.39, 0.29) is 0 Å². The summed E-state index contributed by atoms with van der Waals surface area (Å²) in [6.07, 6.45) is 0. The first kappa shape index (κ1) is 14.6. The summed E-state index contributed by atoms with van der Waals surface area (Å²) in [6.45, 7) is 7.12. The van der Waals surface area contributed by atoms with Gasteiger partial charge >= 0.3 is 0 Å². The fourth-order valence-electron chi connectivity index (χ4n) is 2.37. The summed E-state index contributed by atoms with van der Waals surface area (Å²) in [6, 6.07) is 21.0. The number of likely N-dealkylation sites (N-methyl/N-ethyl adjacent to an activating group) is 1. The molecule has 0 saturated heterocycles. The highest BCUT2D eigenvalue weighted by Crippen LogP contribution is 2.19. The topological polar surface area (TPSA) is 12.5 Å². The fourth-order valence-corrected chi connectivity index (χ4v) is 2.37. The van der Waals surface area contributed by atoms with Crippen molar-refractivity contribution >= 4 is 0 Å². The summed E-state index contributed by atoms with van der Waals surface area (Å²) in [5, 5.41) is 0. The van der Waals surface area contributed by atoms with Gasteiger partial charge in [-0.15, -0.1) is 0 Å². The van der Waals surface area contributed by atoms with E-state index in [9.17, 15) is 0 Å². The van der Waals surface area contributed by atoms with Gasteiger partial charge in [-0.05, 0) is 31.2 Å². The average Bonchev–Trinajstić information content (AvgIpc) is 2.53. The molecule has 2 nitrogen and oxygen atoms in total. The van der Waals surface area contributed by atoms with E-state index in [0.717, 1.165) is 25.4 Å². The summed E-state index contributed by atoms with van der Waals surface area (Å²) in [7, 11) is 0. The van der Waals surface area contributed by atoms with E-state index in [2.05, 4.69) is 49.1 Å². The van der Waals surface area contributed by atoms with Crippen LogP contribution in [0.2, 0.25) is 0 Å². The molecule has 0 aliphatic rings. The molecule has 1 unspecified atom stereocenters. The molecular formula is C18H23NO. The Kier molecular flexibility index (Phi) is 5.63. The van der Waals surface area contributed by atoms with Crippen molar-refractivity contribution in [2.45, 2.75) is 19.9 Å². The summed E-state index contributed by atoms with van der Waals surface area (Å²) in [4.78, 5) is 2.43. The van der Waals surface area contributed by atoms with Gasteiger partial charge in [0.25, 0.3) is 0 Å². The van der Waals surface area contributed by atoms with Gasteiger partial charge < -0.3 is 4.74 Å². The molecule has 20 heavy (non-hydrogen) atoms. The van der Waals surface area contributed by atoms with Crippen LogP contribution < -0.4 is 4.74 Å². The van der Waals surface area contributed by atoms with Gasteiger partial charge in [0.05, 0.1) is 0 Å². The Bertz CT molecular complexity index is 483. The molecule has 0 aromatic heterocycles. The van der Waals surface area contributed by atoms with Crippen molar-refractivity contribution in [3.8, 4) is 5.75 Å². The Balaban J connectivity index is 1.86. The van der Waals surface area contributed by atoms with Crippen LogP contribution in [0.25, 0.3) is 0 Å². The van der Waals surface area contributed by atoms with Crippen LogP contribution in [-0.4, -0.2) is 24.6 Å². The number of hydrogen-bond donors (Lipinski definition) is 0. The van der Waals surface area contributed by atoms with Crippen molar-refractivity contribution in [1.29, 1.82) is 0 Å². The quantitative estimate of drug-likeness (QED) is 0.748. The third-order valence-electron chi connectivity index (χ3n) is 3.63. The molecule has 0 aliphatic carbocycles. The molecule has 0 amide bonds. The summed E-state index contributed by atoms with van der Waals surface area (Å²) in [5.41, 5.74) is 1.36. The van der Waals surface area contributed by atoms with Gasteiger partial charge in [-0.2, -0.15) is 0 Å². The smallest absolute Gasteiger partial charge is 0.119 e. The maximum absolute atomic E-state index is 5.78. The van der Waals surface area contributed by atoms with Crippen molar-refractivity contribution in [3.05, 3.63) is 66.2 Å². The van der Waals surface area contributed by atoms with E-state index in [1.165, 1.54) is 5.56 Å². The summed E-state index contributed by atoms with van der Waals surface area (Å²) < 4.78 is 5.78. The van der Waals surface area contributed by atoms with Crippen molar-refractivity contribution in [2.24, 2.45) is 0 Å². The second kappa shape index (κ2) is 7.71. The van der Waals surface area contributed by atoms with Crippen LogP contribution in [0.1, 0.15) is 25.5 Å². The van der Waals surface area contributed by atoms with E-state index in [1.54, 1.807) is 0 Å². The van der Waals surface area contributed by atoms with Crippen LogP contribution >= 0.6 is 0 Å². The molecule has 0 N–H and O–H groups in total. The molecule has 2 aromatic rings. The largest absolute Gasteiger partial charge is 0.492 e. The van der Waals surface area contributed by atoms with Gasteiger partial charge in [0.15, 0.2) is 0 Å². The molecule has 0 fully saturated rings. The molecule has 0 bridgehead atoms. The Hall–Kier alpha value is -1.80. The first-order valence-corrected chi connectivity index (χ1v) is 7.28. The molecule has 0 saturated carbocycles. The highest BCUT2D eigenvalue weighted by atomic mass is 16.5. The number of hydrogen-bond acceptors (Lipinski definition) is 2. The predicted molar refractivity (Wildman–Crippen MR) is 84.0 cm³/mol. The van der Waals surface area contributed by atoms with Crippen molar-refractivity contribution in [3.63, 3.8) is 0 Å². The lowest BCUT2D eigenvalue weighted by atomic mass is 10.1. The van der Waals surface area contributed by atoms with Crippen molar-refractivity contribution in [1.82, 2.24) is 4.90 Å². The number of para-hydroxylation sites is 1. The third-order valence-corrected chi connectivity index (χ3v) is 3.63. The van der Waals surface area contributed by atoms with E-state index in [0.29, 0.717) is 6.04 Å².